The summed E-state index contributed by atoms with van der Waals surface area (Å²) in [6.45, 7) is 3.39. The molecule has 0 aliphatic heterocycles. The van der Waals surface area contributed by atoms with Gasteiger partial charge in [0.25, 0.3) is 0 Å². The van der Waals surface area contributed by atoms with Gasteiger partial charge in [0.05, 0.1) is 6.54 Å². The summed E-state index contributed by atoms with van der Waals surface area (Å²) in [5.74, 6) is 0.919. The molecule has 3 nitrogen and oxygen atoms in total. The van der Waals surface area contributed by atoms with E-state index in [2.05, 4.69) is 10.6 Å². The third-order valence-corrected chi connectivity index (χ3v) is 3.82. The lowest BCUT2D eigenvalue weighted by Gasteiger charge is -2.10. The average Bonchev–Trinajstić information content (AvgIpc) is 2.91. The summed E-state index contributed by atoms with van der Waals surface area (Å²) in [4.78, 5) is 11.7. The Hall–Kier alpha value is -1.35. The van der Waals surface area contributed by atoms with Gasteiger partial charge in [-0.15, -0.1) is 0 Å². The van der Waals surface area contributed by atoms with E-state index in [9.17, 15) is 4.79 Å². The molecule has 1 aromatic rings. The largest absolute Gasteiger partial charge is 0.325 e. The number of hydrogen-bond acceptors (Lipinski definition) is 2. The molecule has 1 aliphatic carbocycles. The number of anilines is 1. The standard InChI is InChI=1S/C16H24N2O/c1-13-6-8-15(9-7-13)18-16(19)12-17-11-10-14-4-2-3-5-14/h6-9,14,17H,2-5,10-12H2,1H3,(H,18,19). The van der Waals surface area contributed by atoms with Crippen LogP contribution in [0.15, 0.2) is 24.3 Å². The van der Waals surface area contributed by atoms with Crippen LogP contribution in [0.3, 0.4) is 0 Å². The van der Waals surface area contributed by atoms with Crippen LogP contribution in [0.4, 0.5) is 5.69 Å². The molecule has 0 spiro atoms. The first kappa shape index (κ1) is 14.1. The van der Waals surface area contributed by atoms with Crippen LogP contribution in [0, 0.1) is 12.8 Å². The number of rotatable bonds is 6. The van der Waals surface area contributed by atoms with Gasteiger partial charge in [-0.25, -0.2) is 0 Å². The highest BCUT2D eigenvalue weighted by Gasteiger charge is 2.14. The number of benzene rings is 1. The maximum atomic E-state index is 11.7. The lowest BCUT2D eigenvalue weighted by atomic mass is 10.0. The van der Waals surface area contributed by atoms with E-state index in [1.807, 2.05) is 31.2 Å². The molecule has 1 saturated carbocycles. The highest BCUT2D eigenvalue weighted by atomic mass is 16.1. The summed E-state index contributed by atoms with van der Waals surface area (Å²) in [6.07, 6.45) is 6.73. The summed E-state index contributed by atoms with van der Waals surface area (Å²) in [6, 6.07) is 7.88. The Morgan fingerprint density at radius 2 is 1.89 bits per heavy atom. The number of aryl methyl sites for hydroxylation is 1. The second kappa shape index (κ2) is 7.29. The minimum absolute atomic E-state index is 0.0373. The quantitative estimate of drug-likeness (QED) is 0.772. The van der Waals surface area contributed by atoms with E-state index >= 15 is 0 Å². The molecule has 0 heterocycles. The molecule has 0 saturated heterocycles. The van der Waals surface area contributed by atoms with Crippen LogP contribution in [0.5, 0.6) is 0 Å². The Morgan fingerprint density at radius 1 is 1.21 bits per heavy atom. The maximum absolute atomic E-state index is 11.7. The van der Waals surface area contributed by atoms with Gasteiger partial charge in [-0.1, -0.05) is 43.4 Å². The van der Waals surface area contributed by atoms with Crippen LogP contribution < -0.4 is 10.6 Å². The number of nitrogens with one attached hydrogen (secondary N) is 2. The minimum atomic E-state index is 0.0373. The topological polar surface area (TPSA) is 41.1 Å². The second-order valence-corrected chi connectivity index (χ2v) is 5.53. The Kier molecular flexibility index (Phi) is 5.40. The molecule has 1 aromatic carbocycles. The number of carbonyl (C=O) groups is 1. The van der Waals surface area contributed by atoms with Gasteiger partial charge >= 0.3 is 0 Å². The van der Waals surface area contributed by atoms with Crippen molar-refractivity contribution in [1.82, 2.24) is 5.32 Å². The third-order valence-electron chi connectivity index (χ3n) is 3.82. The number of amides is 1. The zero-order valence-electron chi connectivity index (χ0n) is 11.7. The van der Waals surface area contributed by atoms with Crippen LogP contribution in [0.2, 0.25) is 0 Å². The van der Waals surface area contributed by atoms with Crippen LogP contribution in [-0.4, -0.2) is 19.0 Å². The van der Waals surface area contributed by atoms with Crippen molar-refractivity contribution in [3.05, 3.63) is 29.8 Å². The van der Waals surface area contributed by atoms with Crippen molar-refractivity contribution < 1.29 is 4.79 Å². The molecule has 1 amide bonds. The molecule has 0 radical (unpaired) electrons. The molecule has 2 rings (SSSR count). The summed E-state index contributed by atoms with van der Waals surface area (Å²) < 4.78 is 0. The van der Waals surface area contributed by atoms with Crippen molar-refractivity contribution >= 4 is 11.6 Å². The van der Waals surface area contributed by atoms with E-state index in [1.165, 1.54) is 37.7 Å². The highest BCUT2D eigenvalue weighted by molar-refractivity contribution is 5.92. The first-order valence-electron chi connectivity index (χ1n) is 7.31. The van der Waals surface area contributed by atoms with Crippen molar-refractivity contribution in [2.75, 3.05) is 18.4 Å². The monoisotopic (exact) mass is 260 g/mol. The van der Waals surface area contributed by atoms with Crippen molar-refractivity contribution in [2.45, 2.75) is 39.0 Å². The molecule has 2 N–H and O–H groups in total. The zero-order chi connectivity index (χ0) is 13.5. The molecular weight excluding hydrogens is 236 g/mol. The Labute approximate surface area is 115 Å². The lowest BCUT2D eigenvalue weighted by Crippen LogP contribution is -2.29. The van der Waals surface area contributed by atoms with Crippen LogP contribution in [0.25, 0.3) is 0 Å². The normalized spacial score (nSPS) is 15.6. The Morgan fingerprint density at radius 3 is 2.58 bits per heavy atom. The third kappa shape index (κ3) is 5.03. The van der Waals surface area contributed by atoms with Gasteiger partial charge in [0.15, 0.2) is 0 Å². The highest BCUT2D eigenvalue weighted by Crippen LogP contribution is 2.26. The minimum Gasteiger partial charge on any atom is -0.325 e. The van der Waals surface area contributed by atoms with Gasteiger partial charge in [0.2, 0.25) is 5.91 Å². The molecule has 1 aliphatic rings. The molecule has 0 unspecified atom stereocenters. The Balaban J connectivity index is 1.60. The van der Waals surface area contributed by atoms with E-state index in [-0.39, 0.29) is 5.91 Å². The van der Waals surface area contributed by atoms with Gasteiger partial charge in [-0.2, -0.15) is 0 Å². The number of carbonyl (C=O) groups excluding carboxylic acids is 1. The SMILES string of the molecule is Cc1ccc(NC(=O)CNCCC2CCCC2)cc1. The van der Waals surface area contributed by atoms with E-state index in [0.29, 0.717) is 6.54 Å². The fourth-order valence-corrected chi connectivity index (χ4v) is 2.65. The van der Waals surface area contributed by atoms with Crippen LogP contribution >= 0.6 is 0 Å². The van der Waals surface area contributed by atoms with Gasteiger partial charge in [0, 0.05) is 5.69 Å². The summed E-state index contributed by atoms with van der Waals surface area (Å²) in [5.41, 5.74) is 2.07. The van der Waals surface area contributed by atoms with E-state index < -0.39 is 0 Å². The second-order valence-electron chi connectivity index (χ2n) is 5.53. The fourth-order valence-electron chi connectivity index (χ4n) is 2.65. The summed E-state index contributed by atoms with van der Waals surface area (Å²) in [7, 11) is 0. The summed E-state index contributed by atoms with van der Waals surface area (Å²) in [5, 5.41) is 6.13. The molecule has 1 fully saturated rings. The summed E-state index contributed by atoms with van der Waals surface area (Å²) >= 11 is 0. The van der Waals surface area contributed by atoms with Crippen LogP contribution in [0.1, 0.15) is 37.7 Å². The van der Waals surface area contributed by atoms with Crippen molar-refractivity contribution in [2.24, 2.45) is 5.92 Å². The molecular formula is C16H24N2O. The molecule has 0 atom stereocenters. The Bertz CT molecular complexity index is 394. The van der Waals surface area contributed by atoms with Gasteiger partial charge in [-0.3, -0.25) is 4.79 Å². The smallest absolute Gasteiger partial charge is 0.238 e. The zero-order valence-corrected chi connectivity index (χ0v) is 11.7. The fraction of sp³-hybridized carbons (Fsp3) is 0.562. The predicted octanol–water partition coefficient (Wildman–Crippen LogP) is 3.10. The van der Waals surface area contributed by atoms with Gasteiger partial charge in [0.1, 0.15) is 0 Å². The van der Waals surface area contributed by atoms with E-state index in [4.69, 9.17) is 0 Å². The van der Waals surface area contributed by atoms with Gasteiger partial charge in [-0.05, 0) is 37.9 Å². The predicted molar refractivity (Wildman–Crippen MR) is 79.3 cm³/mol. The first-order chi connectivity index (χ1) is 9.24. The molecule has 19 heavy (non-hydrogen) atoms. The van der Waals surface area contributed by atoms with E-state index in [0.717, 1.165) is 18.2 Å². The molecule has 3 heteroatoms. The van der Waals surface area contributed by atoms with Gasteiger partial charge < -0.3 is 10.6 Å². The maximum Gasteiger partial charge on any atom is 0.238 e. The van der Waals surface area contributed by atoms with Crippen LogP contribution in [-0.2, 0) is 4.79 Å². The van der Waals surface area contributed by atoms with Crippen molar-refractivity contribution in [3.63, 3.8) is 0 Å². The molecule has 104 valence electrons. The molecule has 0 aromatic heterocycles. The van der Waals surface area contributed by atoms with E-state index in [1.54, 1.807) is 0 Å². The average molecular weight is 260 g/mol. The first-order valence-corrected chi connectivity index (χ1v) is 7.31. The van der Waals surface area contributed by atoms with Crippen molar-refractivity contribution in [1.29, 1.82) is 0 Å². The van der Waals surface area contributed by atoms with Crippen molar-refractivity contribution in [3.8, 4) is 0 Å². The molecule has 0 bridgehead atoms. The number of hydrogen-bond donors (Lipinski definition) is 2. The lowest BCUT2D eigenvalue weighted by molar-refractivity contribution is -0.115.